The third kappa shape index (κ3) is 3.10. The fraction of sp³-hybridized carbons (Fsp3) is 0.0500. The van der Waals surface area contributed by atoms with Crippen LogP contribution in [0.4, 0.5) is 0 Å². The van der Waals surface area contributed by atoms with Gasteiger partial charge in [-0.05, 0) is 37.3 Å². The summed E-state index contributed by atoms with van der Waals surface area (Å²) in [6.07, 6.45) is 1.82. The molecule has 0 radical (unpaired) electrons. The van der Waals surface area contributed by atoms with Crippen LogP contribution >= 0.6 is 22.7 Å². The summed E-state index contributed by atoms with van der Waals surface area (Å²) >= 11 is 2.96. The van der Waals surface area contributed by atoms with Crippen LogP contribution in [0.15, 0.2) is 57.1 Å². The maximum atomic E-state index is 12.3. The largest absolute Gasteiger partial charge is 0.422 e. The van der Waals surface area contributed by atoms with Gasteiger partial charge in [0.25, 0.3) is 0 Å². The molecule has 3 heterocycles. The van der Waals surface area contributed by atoms with Crippen LogP contribution in [0.25, 0.3) is 33.9 Å². The van der Waals surface area contributed by atoms with E-state index in [2.05, 4.69) is 11.1 Å². The van der Waals surface area contributed by atoms with E-state index in [1.165, 1.54) is 16.2 Å². The minimum Gasteiger partial charge on any atom is -0.422 e. The van der Waals surface area contributed by atoms with Gasteiger partial charge >= 0.3 is 5.63 Å². The van der Waals surface area contributed by atoms with Crippen molar-refractivity contribution in [1.29, 1.82) is 5.26 Å². The second-order valence-electron chi connectivity index (χ2n) is 5.64. The maximum Gasteiger partial charge on any atom is 0.345 e. The summed E-state index contributed by atoms with van der Waals surface area (Å²) in [5.74, 6) is 0. The van der Waals surface area contributed by atoms with Crippen molar-refractivity contribution in [2.45, 2.75) is 6.92 Å². The lowest BCUT2D eigenvalue weighted by atomic mass is 10.1. The van der Waals surface area contributed by atoms with Gasteiger partial charge in [0.15, 0.2) is 0 Å². The van der Waals surface area contributed by atoms with Gasteiger partial charge in [0.05, 0.1) is 16.8 Å². The summed E-state index contributed by atoms with van der Waals surface area (Å²) in [7, 11) is 0. The number of aryl methyl sites for hydroxylation is 1. The van der Waals surface area contributed by atoms with Crippen LogP contribution in [0.3, 0.4) is 0 Å². The van der Waals surface area contributed by atoms with Crippen molar-refractivity contribution in [3.8, 4) is 17.3 Å². The molecule has 0 amide bonds. The Bertz CT molecular complexity index is 1240. The molecule has 6 heteroatoms. The second-order valence-corrected chi connectivity index (χ2v) is 7.82. The van der Waals surface area contributed by atoms with E-state index >= 15 is 0 Å². The number of aromatic nitrogens is 1. The van der Waals surface area contributed by atoms with Gasteiger partial charge in [0.2, 0.25) is 0 Å². The molecule has 126 valence electrons. The SMILES string of the molecule is Cc1ccc(C=C(C#N)c2nc(-c3cc4ccccc4oc3=O)cs2)s1. The number of nitriles is 1. The summed E-state index contributed by atoms with van der Waals surface area (Å²) < 4.78 is 5.37. The Hall–Kier alpha value is -3.01. The summed E-state index contributed by atoms with van der Waals surface area (Å²) in [4.78, 5) is 19.0. The van der Waals surface area contributed by atoms with Crippen molar-refractivity contribution >= 4 is 45.3 Å². The molecule has 0 N–H and O–H groups in total. The van der Waals surface area contributed by atoms with E-state index in [4.69, 9.17) is 4.42 Å². The van der Waals surface area contributed by atoms with Crippen molar-refractivity contribution in [2.24, 2.45) is 0 Å². The highest BCUT2D eigenvalue weighted by molar-refractivity contribution is 7.13. The first-order valence-corrected chi connectivity index (χ1v) is 9.51. The molecule has 0 unspecified atom stereocenters. The van der Waals surface area contributed by atoms with E-state index in [1.807, 2.05) is 43.3 Å². The highest BCUT2D eigenvalue weighted by Crippen LogP contribution is 2.28. The van der Waals surface area contributed by atoms with Gasteiger partial charge in [-0.2, -0.15) is 5.26 Å². The van der Waals surface area contributed by atoms with E-state index in [0.29, 0.717) is 27.4 Å². The number of benzene rings is 1. The first-order chi connectivity index (χ1) is 12.6. The van der Waals surface area contributed by atoms with E-state index in [0.717, 1.165) is 10.3 Å². The van der Waals surface area contributed by atoms with Gasteiger partial charge in [0, 0.05) is 20.5 Å². The molecule has 4 nitrogen and oxygen atoms in total. The molecule has 0 aliphatic heterocycles. The zero-order valence-corrected chi connectivity index (χ0v) is 15.4. The van der Waals surface area contributed by atoms with Crippen LogP contribution < -0.4 is 5.63 Å². The molecule has 0 saturated carbocycles. The molecule has 0 atom stereocenters. The van der Waals surface area contributed by atoms with Gasteiger partial charge in [-0.15, -0.1) is 22.7 Å². The number of allylic oxidation sites excluding steroid dienone is 1. The highest BCUT2D eigenvalue weighted by atomic mass is 32.1. The summed E-state index contributed by atoms with van der Waals surface area (Å²) in [6.45, 7) is 2.02. The predicted molar refractivity (Wildman–Crippen MR) is 106 cm³/mol. The standard InChI is InChI=1S/C20H12N2O2S2/c1-12-6-7-15(26-12)8-14(10-21)19-22-17(11-25-19)16-9-13-4-2-3-5-18(13)24-20(16)23/h2-9,11H,1H3. The Morgan fingerprint density at radius 1 is 1.27 bits per heavy atom. The monoisotopic (exact) mass is 376 g/mol. The van der Waals surface area contributed by atoms with Crippen LogP contribution in [0.1, 0.15) is 14.8 Å². The molecule has 4 aromatic rings. The Balaban J connectivity index is 1.76. The average Bonchev–Trinajstić information content (AvgIpc) is 3.28. The van der Waals surface area contributed by atoms with Crippen molar-refractivity contribution in [1.82, 2.24) is 4.98 Å². The fourth-order valence-electron chi connectivity index (χ4n) is 2.58. The molecule has 0 spiro atoms. The van der Waals surface area contributed by atoms with Crippen LogP contribution in [-0.4, -0.2) is 4.98 Å². The summed E-state index contributed by atoms with van der Waals surface area (Å²) in [5, 5.41) is 12.7. The second kappa shape index (κ2) is 6.71. The van der Waals surface area contributed by atoms with Gasteiger partial charge in [-0.1, -0.05) is 18.2 Å². The third-order valence-electron chi connectivity index (χ3n) is 3.82. The van der Waals surface area contributed by atoms with E-state index < -0.39 is 5.63 Å². The minimum atomic E-state index is -0.433. The summed E-state index contributed by atoms with van der Waals surface area (Å²) in [6, 6.07) is 15.3. The number of rotatable bonds is 3. The van der Waals surface area contributed by atoms with E-state index in [1.54, 1.807) is 28.8 Å². The molecule has 0 fully saturated rings. The van der Waals surface area contributed by atoms with Crippen molar-refractivity contribution in [3.05, 3.63) is 73.0 Å². The van der Waals surface area contributed by atoms with Gasteiger partial charge < -0.3 is 4.42 Å². The molecule has 0 aliphatic carbocycles. The zero-order valence-electron chi connectivity index (χ0n) is 13.7. The topological polar surface area (TPSA) is 66.9 Å². The van der Waals surface area contributed by atoms with Crippen LogP contribution in [0, 0.1) is 18.3 Å². The Morgan fingerprint density at radius 2 is 2.12 bits per heavy atom. The van der Waals surface area contributed by atoms with Crippen LogP contribution in [-0.2, 0) is 0 Å². The van der Waals surface area contributed by atoms with E-state index in [9.17, 15) is 10.1 Å². The van der Waals surface area contributed by atoms with E-state index in [-0.39, 0.29) is 0 Å². The van der Waals surface area contributed by atoms with Gasteiger partial charge in [-0.25, -0.2) is 9.78 Å². The van der Waals surface area contributed by atoms with Crippen LogP contribution in [0.2, 0.25) is 0 Å². The average molecular weight is 376 g/mol. The summed E-state index contributed by atoms with van der Waals surface area (Å²) in [5.41, 5.74) is 1.51. The molecule has 4 rings (SSSR count). The van der Waals surface area contributed by atoms with Gasteiger partial charge in [0.1, 0.15) is 16.7 Å². The molecule has 0 aliphatic rings. The molecule has 0 saturated heterocycles. The molecule has 0 bridgehead atoms. The van der Waals surface area contributed by atoms with Gasteiger partial charge in [-0.3, -0.25) is 0 Å². The smallest absolute Gasteiger partial charge is 0.345 e. The number of para-hydroxylation sites is 1. The lowest BCUT2D eigenvalue weighted by Crippen LogP contribution is -2.02. The Kier molecular flexibility index (Phi) is 4.25. The highest BCUT2D eigenvalue weighted by Gasteiger charge is 2.14. The maximum absolute atomic E-state index is 12.3. The molecule has 1 aromatic carbocycles. The molecule has 26 heavy (non-hydrogen) atoms. The van der Waals surface area contributed by atoms with Crippen molar-refractivity contribution in [3.63, 3.8) is 0 Å². The number of thiazole rings is 1. The number of fused-ring (bicyclic) bond motifs is 1. The van der Waals surface area contributed by atoms with Crippen LogP contribution in [0.5, 0.6) is 0 Å². The molecular formula is C20H12N2O2S2. The quantitative estimate of drug-likeness (QED) is 0.357. The number of hydrogen-bond acceptors (Lipinski definition) is 6. The number of thiophene rings is 1. The third-order valence-corrected chi connectivity index (χ3v) is 5.64. The molecular weight excluding hydrogens is 364 g/mol. The first-order valence-electron chi connectivity index (χ1n) is 7.81. The normalized spacial score (nSPS) is 11.6. The zero-order chi connectivity index (χ0) is 18.1. The Morgan fingerprint density at radius 3 is 2.88 bits per heavy atom. The van der Waals surface area contributed by atoms with Crippen molar-refractivity contribution in [2.75, 3.05) is 0 Å². The number of hydrogen-bond donors (Lipinski definition) is 0. The fourth-order valence-corrected chi connectivity index (χ4v) is 4.18. The lowest BCUT2D eigenvalue weighted by molar-refractivity contribution is 0.563. The molecule has 3 aromatic heterocycles. The predicted octanol–water partition coefficient (Wildman–Crippen LogP) is 5.35. The minimum absolute atomic E-state index is 0.399. The first kappa shape index (κ1) is 16.5. The lowest BCUT2D eigenvalue weighted by Gasteiger charge is -1.99. The Labute approximate surface area is 157 Å². The number of nitrogens with zero attached hydrogens (tertiary/aromatic N) is 2. The van der Waals surface area contributed by atoms with Crippen molar-refractivity contribution < 1.29 is 4.42 Å².